The molecule has 0 heterocycles. The van der Waals surface area contributed by atoms with Crippen LogP contribution in [0.4, 0.5) is 0 Å². The molecule has 0 radical (unpaired) electrons. The van der Waals surface area contributed by atoms with Crippen molar-refractivity contribution in [3.63, 3.8) is 0 Å². The average molecular weight is 371 g/mol. The highest BCUT2D eigenvalue weighted by Crippen LogP contribution is 2.49. The lowest BCUT2D eigenvalue weighted by molar-refractivity contribution is -0.135. The van der Waals surface area contributed by atoms with Gasteiger partial charge in [-0.2, -0.15) is 0 Å². The minimum atomic E-state index is -0.0905. The fourth-order valence-corrected chi connectivity index (χ4v) is 4.52. The van der Waals surface area contributed by atoms with Crippen LogP contribution in [0.25, 0.3) is 0 Å². The van der Waals surface area contributed by atoms with E-state index in [1.165, 1.54) is 68.1 Å². The van der Waals surface area contributed by atoms with Gasteiger partial charge in [-0.05, 0) is 112 Å². The first-order valence-corrected chi connectivity index (χ1v) is 11.2. The summed E-state index contributed by atoms with van der Waals surface area (Å²) >= 11 is 0. The third-order valence-corrected chi connectivity index (χ3v) is 7.19. The third kappa shape index (κ3) is 5.83. The Morgan fingerprint density at radius 1 is 0.926 bits per heavy atom. The van der Waals surface area contributed by atoms with Gasteiger partial charge in [0.15, 0.2) is 0 Å². The Bertz CT molecular complexity index is 638. The molecule has 0 spiro atoms. The molecule has 27 heavy (non-hydrogen) atoms. The molecule has 2 fully saturated rings. The Kier molecular flexibility index (Phi) is 6.65. The number of unbranched alkanes of at least 4 members (excludes halogenated alkanes) is 3. The van der Waals surface area contributed by atoms with Crippen LogP contribution in [-0.2, 0) is 22.4 Å². The smallest absolute Gasteiger partial charge is 0.293 e. The van der Waals surface area contributed by atoms with Crippen LogP contribution in [0, 0.1) is 19.3 Å². The number of carbonyl (C=O) groups excluding carboxylic acids is 1. The van der Waals surface area contributed by atoms with E-state index in [4.69, 9.17) is 4.74 Å². The van der Waals surface area contributed by atoms with Crippen LogP contribution in [-0.4, -0.2) is 12.1 Å². The fourth-order valence-electron chi connectivity index (χ4n) is 4.52. The zero-order valence-corrected chi connectivity index (χ0v) is 17.7. The molecular weight excluding hydrogens is 332 g/mol. The number of hydrogen-bond donors (Lipinski definition) is 0. The first kappa shape index (κ1) is 20.4. The highest BCUT2D eigenvalue weighted by Gasteiger charge is 2.44. The summed E-state index contributed by atoms with van der Waals surface area (Å²) in [5.41, 5.74) is 6.71. The molecule has 150 valence electrons. The lowest BCUT2D eigenvalue weighted by atomic mass is 9.90. The van der Waals surface area contributed by atoms with Crippen LogP contribution in [0.3, 0.4) is 0 Å². The first-order chi connectivity index (χ1) is 13.0. The van der Waals surface area contributed by atoms with Crippen LogP contribution in [0.5, 0.6) is 0 Å². The van der Waals surface area contributed by atoms with Crippen molar-refractivity contribution in [2.75, 3.05) is 0 Å². The van der Waals surface area contributed by atoms with E-state index in [2.05, 4.69) is 32.9 Å². The predicted octanol–water partition coefficient (Wildman–Crippen LogP) is 6.62. The second-order valence-electron chi connectivity index (χ2n) is 9.62. The van der Waals surface area contributed by atoms with Gasteiger partial charge >= 0.3 is 0 Å². The summed E-state index contributed by atoms with van der Waals surface area (Å²) < 4.78 is 5.26. The molecule has 2 heteroatoms. The minimum absolute atomic E-state index is 0.0905. The molecule has 0 unspecified atom stereocenters. The van der Waals surface area contributed by atoms with Crippen molar-refractivity contribution in [3.05, 3.63) is 34.4 Å². The molecule has 3 rings (SSSR count). The largest absolute Gasteiger partial charge is 0.461 e. The molecule has 2 saturated carbocycles. The van der Waals surface area contributed by atoms with E-state index in [0.717, 1.165) is 32.1 Å². The summed E-state index contributed by atoms with van der Waals surface area (Å²) in [4.78, 5) is 10.6. The lowest BCUT2D eigenvalue weighted by Gasteiger charge is -2.16. The maximum Gasteiger partial charge on any atom is 0.293 e. The predicted molar refractivity (Wildman–Crippen MR) is 112 cm³/mol. The summed E-state index contributed by atoms with van der Waals surface area (Å²) in [5, 5.41) is 0. The van der Waals surface area contributed by atoms with Crippen molar-refractivity contribution < 1.29 is 9.53 Å². The standard InChI is InChI=1S/C25H38O2/c1-20-11-12-22(9-6-8-14-25(17-18-25)27-19-26)21(2)23(20)10-5-4-7-13-24(3)15-16-24/h11-12,19H,4-10,13-18H2,1-3H3. The van der Waals surface area contributed by atoms with Gasteiger partial charge in [0.2, 0.25) is 0 Å². The SMILES string of the molecule is Cc1ccc(CCCCC2(OC=O)CC2)c(C)c1CCCCCC1(C)CC1. The monoisotopic (exact) mass is 370 g/mol. The van der Waals surface area contributed by atoms with E-state index < -0.39 is 0 Å². The van der Waals surface area contributed by atoms with Crippen molar-refractivity contribution in [2.45, 2.75) is 110 Å². The second-order valence-corrected chi connectivity index (χ2v) is 9.62. The normalized spacial score (nSPS) is 18.9. The van der Waals surface area contributed by atoms with Crippen molar-refractivity contribution in [2.24, 2.45) is 5.41 Å². The third-order valence-electron chi connectivity index (χ3n) is 7.19. The number of hydrogen-bond acceptors (Lipinski definition) is 2. The van der Waals surface area contributed by atoms with Crippen molar-refractivity contribution in [3.8, 4) is 0 Å². The highest BCUT2D eigenvalue weighted by atomic mass is 16.5. The van der Waals surface area contributed by atoms with E-state index >= 15 is 0 Å². The summed E-state index contributed by atoms with van der Waals surface area (Å²) in [5.74, 6) is 0. The van der Waals surface area contributed by atoms with Gasteiger partial charge in [-0.1, -0.05) is 31.9 Å². The average Bonchev–Trinajstić information content (AvgIpc) is 3.56. The van der Waals surface area contributed by atoms with Gasteiger partial charge in [0.05, 0.1) is 0 Å². The van der Waals surface area contributed by atoms with Crippen LogP contribution < -0.4 is 0 Å². The Hall–Kier alpha value is -1.31. The van der Waals surface area contributed by atoms with Gasteiger partial charge in [-0.15, -0.1) is 0 Å². The van der Waals surface area contributed by atoms with Crippen molar-refractivity contribution >= 4 is 6.47 Å². The fraction of sp³-hybridized carbons (Fsp3) is 0.720. The van der Waals surface area contributed by atoms with Crippen LogP contribution in [0.2, 0.25) is 0 Å². The Morgan fingerprint density at radius 2 is 1.63 bits per heavy atom. The number of ether oxygens (including phenoxy) is 1. The van der Waals surface area contributed by atoms with Crippen LogP contribution in [0.15, 0.2) is 12.1 Å². The molecule has 0 amide bonds. The van der Waals surface area contributed by atoms with Gasteiger partial charge in [-0.25, -0.2) is 0 Å². The summed E-state index contributed by atoms with van der Waals surface area (Å²) in [6.07, 6.45) is 16.3. The number of carbonyl (C=O) groups is 1. The Balaban J connectivity index is 1.42. The van der Waals surface area contributed by atoms with E-state index in [0.29, 0.717) is 11.9 Å². The minimum Gasteiger partial charge on any atom is -0.461 e. The topological polar surface area (TPSA) is 26.3 Å². The van der Waals surface area contributed by atoms with Gasteiger partial charge in [0.25, 0.3) is 6.47 Å². The van der Waals surface area contributed by atoms with Gasteiger partial charge in [-0.3, -0.25) is 4.79 Å². The van der Waals surface area contributed by atoms with Crippen molar-refractivity contribution in [1.82, 2.24) is 0 Å². The molecule has 0 saturated heterocycles. The number of aryl methyl sites for hydroxylation is 2. The molecule has 2 nitrogen and oxygen atoms in total. The molecule has 0 aromatic heterocycles. The molecule has 2 aliphatic rings. The Morgan fingerprint density at radius 3 is 2.30 bits per heavy atom. The van der Waals surface area contributed by atoms with E-state index in [-0.39, 0.29) is 5.60 Å². The molecule has 1 aromatic carbocycles. The molecular formula is C25H38O2. The van der Waals surface area contributed by atoms with Gasteiger partial charge in [0.1, 0.15) is 5.60 Å². The lowest BCUT2D eigenvalue weighted by Crippen LogP contribution is -2.12. The Labute approximate surface area is 166 Å². The number of rotatable bonds is 13. The molecule has 0 bridgehead atoms. The van der Waals surface area contributed by atoms with Gasteiger partial charge in [0, 0.05) is 0 Å². The quantitative estimate of drug-likeness (QED) is 0.288. The maximum absolute atomic E-state index is 10.6. The summed E-state index contributed by atoms with van der Waals surface area (Å²) in [6, 6.07) is 4.65. The molecule has 0 N–H and O–H groups in total. The first-order valence-electron chi connectivity index (χ1n) is 11.2. The summed E-state index contributed by atoms with van der Waals surface area (Å²) in [6.45, 7) is 7.67. The second kappa shape index (κ2) is 8.80. The number of benzene rings is 1. The molecule has 1 aromatic rings. The van der Waals surface area contributed by atoms with E-state index in [1.807, 2.05) is 0 Å². The maximum atomic E-state index is 10.6. The molecule has 0 atom stereocenters. The molecule has 0 aliphatic heterocycles. The van der Waals surface area contributed by atoms with E-state index in [9.17, 15) is 4.79 Å². The van der Waals surface area contributed by atoms with Crippen LogP contribution in [0.1, 0.15) is 99.8 Å². The zero-order chi connectivity index (χ0) is 19.3. The molecule has 2 aliphatic carbocycles. The van der Waals surface area contributed by atoms with E-state index in [1.54, 1.807) is 5.56 Å². The van der Waals surface area contributed by atoms with Crippen molar-refractivity contribution in [1.29, 1.82) is 0 Å². The zero-order valence-electron chi connectivity index (χ0n) is 17.7. The van der Waals surface area contributed by atoms with Gasteiger partial charge < -0.3 is 4.74 Å². The highest BCUT2D eigenvalue weighted by molar-refractivity contribution is 5.40. The van der Waals surface area contributed by atoms with Crippen LogP contribution >= 0.6 is 0 Å². The summed E-state index contributed by atoms with van der Waals surface area (Å²) in [7, 11) is 0.